The molecule has 5 aromatic rings. The largest absolute Gasteiger partial charge is 0.389 e. The molecule has 6 aliphatic rings. The van der Waals surface area contributed by atoms with Crippen LogP contribution in [-0.4, -0.2) is 110 Å². The molecule has 0 aliphatic carbocycles. The fraction of sp³-hybridized carbons (Fsp3) is 0.420. The number of nitrogens with zero attached hydrogens (tertiary/aromatic N) is 7. The lowest BCUT2D eigenvalue weighted by atomic mass is 9.71. The number of rotatable bonds is 11. The van der Waals surface area contributed by atoms with E-state index in [1.807, 2.05) is 45.9 Å². The molecule has 16 nitrogen and oxygen atoms in total. The monoisotopic (exact) mass is 974 g/mol. The van der Waals surface area contributed by atoms with Crippen molar-refractivity contribution >= 4 is 74.7 Å². The molecular formula is C50H52ClFN10O6S. The zero-order valence-electron chi connectivity index (χ0n) is 37.9. The van der Waals surface area contributed by atoms with Gasteiger partial charge in [0.25, 0.3) is 11.8 Å². The summed E-state index contributed by atoms with van der Waals surface area (Å²) in [5.74, 6) is -2.01. The Kier molecular flexibility index (Phi) is 11.7. The lowest BCUT2D eigenvalue weighted by Crippen LogP contribution is -2.62. The number of imide groups is 1. The molecule has 11 rings (SSSR count). The van der Waals surface area contributed by atoms with Gasteiger partial charge in [0.15, 0.2) is 11.2 Å². The third-order valence-corrected chi connectivity index (χ3v) is 16.1. The number of benzene rings is 3. The van der Waals surface area contributed by atoms with Crippen molar-refractivity contribution in [3.8, 4) is 11.1 Å². The van der Waals surface area contributed by atoms with Crippen LogP contribution >= 0.6 is 22.9 Å². The van der Waals surface area contributed by atoms with Crippen LogP contribution in [0.5, 0.6) is 0 Å². The van der Waals surface area contributed by atoms with E-state index in [0.29, 0.717) is 72.5 Å². The first-order valence-corrected chi connectivity index (χ1v) is 24.9. The molecule has 69 heavy (non-hydrogen) atoms. The van der Waals surface area contributed by atoms with Gasteiger partial charge in [-0.25, -0.2) is 14.4 Å². The van der Waals surface area contributed by atoms with Gasteiger partial charge in [-0.2, -0.15) is 0 Å². The van der Waals surface area contributed by atoms with E-state index in [-0.39, 0.29) is 53.6 Å². The Morgan fingerprint density at radius 2 is 1.70 bits per heavy atom. The van der Waals surface area contributed by atoms with Gasteiger partial charge in [-0.15, -0.1) is 11.3 Å². The summed E-state index contributed by atoms with van der Waals surface area (Å²) in [4.78, 5) is 81.8. The van der Waals surface area contributed by atoms with Crippen LogP contribution in [0, 0.1) is 11.2 Å². The molecule has 0 radical (unpaired) electrons. The van der Waals surface area contributed by atoms with E-state index >= 15 is 4.39 Å². The number of piperidine rings is 3. The molecule has 5 amide bonds. The molecule has 6 aliphatic heterocycles. The van der Waals surface area contributed by atoms with E-state index in [1.165, 1.54) is 22.3 Å². The topological polar surface area (TPSA) is 185 Å². The van der Waals surface area contributed by atoms with E-state index in [1.54, 1.807) is 30.0 Å². The SMILES string of the molecule is O=C1CCC(Nc2ccc(N3CCC(O)(CC(=O)N4CC5(CCN(c6ccc(-c7cc(F)c8c(c7)C(=O)N(C(C(=O)Nc7nccs7)c7ncn9c7CCC9)C8)cc6)CC5)C4)CC3)c(Cl)c2)C(=O)N1. The summed E-state index contributed by atoms with van der Waals surface area (Å²) in [7, 11) is 0. The van der Waals surface area contributed by atoms with E-state index in [2.05, 4.69) is 35.7 Å². The highest BCUT2D eigenvalue weighted by Crippen LogP contribution is 2.44. The third-order valence-electron chi connectivity index (χ3n) is 15.1. The number of carbonyl (C=O) groups is 5. The summed E-state index contributed by atoms with van der Waals surface area (Å²) >= 11 is 7.97. The third kappa shape index (κ3) is 8.71. The minimum absolute atomic E-state index is 0.0211. The van der Waals surface area contributed by atoms with Gasteiger partial charge in [-0.1, -0.05) is 23.7 Å². The molecule has 0 bridgehead atoms. The van der Waals surface area contributed by atoms with Gasteiger partial charge in [0, 0.05) is 97.4 Å². The average Bonchev–Trinajstić information content (AvgIpc) is 4.15. The number of thiazole rings is 1. The molecule has 0 saturated carbocycles. The maximum absolute atomic E-state index is 16.0. The number of anilines is 4. The highest BCUT2D eigenvalue weighted by atomic mass is 35.5. The molecule has 4 fully saturated rings. The zero-order valence-corrected chi connectivity index (χ0v) is 39.5. The Morgan fingerprint density at radius 3 is 2.42 bits per heavy atom. The number of halogens is 2. The van der Waals surface area contributed by atoms with Crippen molar-refractivity contribution in [2.75, 3.05) is 59.7 Å². The zero-order chi connectivity index (χ0) is 47.6. The molecule has 358 valence electrons. The summed E-state index contributed by atoms with van der Waals surface area (Å²) in [5, 5.41) is 22.6. The lowest BCUT2D eigenvalue weighted by molar-refractivity contribution is -0.150. The van der Waals surface area contributed by atoms with E-state index < -0.39 is 35.3 Å². The standard InChI is InChI=1S/C50H52ClFN10O6S/c51-36-24-32(55-38-8-10-41(63)56-45(38)65)5-9-39(36)59-19-13-50(68,14-20-59)25-42(64)61-27-49(28-61)11-17-58(18-12-49)33-6-3-30(4-7-33)31-22-34-35(37(52)23-31)26-62(47(34)67)44(46(66)57-48-53-15-21-69-48)43-40-2-1-16-60(40)29-54-43/h3-7,9,15,21-24,29,38,44,55,68H,1-2,8,10-14,16-20,25-28H2,(H,53,57,66)(H,56,63,65). The van der Waals surface area contributed by atoms with Gasteiger partial charge < -0.3 is 34.6 Å². The molecule has 4 N–H and O–H groups in total. The normalized spacial score (nSPS) is 20.9. The summed E-state index contributed by atoms with van der Waals surface area (Å²) in [6.07, 6.45) is 8.44. The quantitative estimate of drug-likeness (QED) is 0.111. The van der Waals surface area contributed by atoms with Crippen LogP contribution in [0.2, 0.25) is 5.02 Å². The molecule has 2 atom stereocenters. The van der Waals surface area contributed by atoms with Crippen LogP contribution in [-0.2, 0) is 38.7 Å². The molecular weight excluding hydrogens is 923 g/mol. The van der Waals surface area contributed by atoms with Crippen molar-refractivity contribution in [1.29, 1.82) is 0 Å². The van der Waals surface area contributed by atoms with Gasteiger partial charge >= 0.3 is 0 Å². The number of aliphatic hydroxyl groups is 1. The minimum atomic E-state index is -1.10. The van der Waals surface area contributed by atoms with Crippen LogP contribution in [0.1, 0.15) is 84.7 Å². The number of aryl methyl sites for hydroxylation is 1. The van der Waals surface area contributed by atoms with Crippen molar-refractivity contribution in [2.45, 2.75) is 88.6 Å². The number of imidazole rings is 1. The number of carbonyl (C=O) groups excluding carboxylic acids is 5. The number of fused-ring (bicyclic) bond motifs is 2. The molecule has 3 aromatic carbocycles. The van der Waals surface area contributed by atoms with Crippen LogP contribution in [0.15, 0.2) is 72.5 Å². The second kappa shape index (κ2) is 17.9. The Morgan fingerprint density at radius 1 is 0.928 bits per heavy atom. The number of amides is 5. The fourth-order valence-corrected chi connectivity index (χ4v) is 12.0. The van der Waals surface area contributed by atoms with Crippen LogP contribution in [0.4, 0.5) is 26.6 Å². The average molecular weight is 976 g/mol. The van der Waals surface area contributed by atoms with Crippen molar-refractivity contribution in [1.82, 2.24) is 29.7 Å². The van der Waals surface area contributed by atoms with Gasteiger partial charge in [-0.3, -0.25) is 34.6 Å². The summed E-state index contributed by atoms with van der Waals surface area (Å²) in [6.45, 7) is 4.82. The number of hydrogen-bond acceptors (Lipinski definition) is 12. The highest BCUT2D eigenvalue weighted by Gasteiger charge is 2.48. The second-order valence-electron chi connectivity index (χ2n) is 19.5. The smallest absolute Gasteiger partial charge is 0.255 e. The van der Waals surface area contributed by atoms with Crippen molar-refractivity contribution in [3.05, 3.63) is 106 Å². The first-order valence-electron chi connectivity index (χ1n) is 23.7. The highest BCUT2D eigenvalue weighted by molar-refractivity contribution is 7.13. The molecule has 19 heteroatoms. The molecule has 1 spiro atoms. The molecule has 2 unspecified atom stereocenters. The first-order chi connectivity index (χ1) is 33.3. The van der Waals surface area contributed by atoms with Crippen LogP contribution < -0.4 is 25.8 Å². The Bertz CT molecular complexity index is 2850. The lowest BCUT2D eigenvalue weighted by Gasteiger charge is -2.55. The van der Waals surface area contributed by atoms with Gasteiger partial charge in [-0.05, 0) is 98.5 Å². The van der Waals surface area contributed by atoms with E-state index in [9.17, 15) is 29.1 Å². The summed E-state index contributed by atoms with van der Waals surface area (Å²) in [6, 6.07) is 15.1. The Balaban J connectivity index is 0.670. The summed E-state index contributed by atoms with van der Waals surface area (Å²) < 4.78 is 18.0. The number of hydrogen-bond donors (Lipinski definition) is 4. The first kappa shape index (κ1) is 45.1. The predicted molar refractivity (Wildman–Crippen MR) is 258 cm³/mol. The fourth-order valence-electron chi connectivity index (χ4n) is 11.1. The summed E-state index contributed by atoms with van der Waals surface area (Å²) in [5.41, 5.74) is 4.74. The van der Waals surface area contributed by atoms with Crippen LogP contribution in [0.25, 0.3) is 11.1 Å². The molecule has 2 aromatic heterocycles. The number of aromatic nitrogens is 3. The van der Waals surface area contributed by atoms with E-state index in [0.717, 1.165) is 67.9 Å². The Labute approximate surface area is 406 Å². The van der Waals surface area contributed by atoms with E-state index in [4.69, 9.17) is 11.6 Å². The molecule has 4 saturated heterocycles. The predicted octanol–water partition coefficient (Wildman–Crippen LogP) is 6.15. The maximum atomic E-state index is 16.0. The van der Waals surface area contributed by atoms with Crippen molar-refractivity contribution < 1.29 is 33.5 Å². The Hall–Kier alpha value is -6.37. The maximum Gasteiger partial charge on any atom is 0.255 e. The van der Waals surface area contributed by atoms with Crippen molar-refractivity contribution in [3.63, 3.8) is 0 Å². The van der Waals surface area contributed by atoms with Gasteiger partial charge in [0.1, 0.15) is 11.9 Å². The minimum Gasteiger partial charge on any atom is -0.389 e. The van der Waals surface area contributed by atoms with Gasteiger partial charge in [0.05, 0.1) is 41.3 Å². The van der Waals surface area contributed by atoms with Crippen LogP contribution in [0.3, 0.4) is 0 Å². The van der Waals surface area contributed by atoms with Gasteiger partial charge in [0.2, 0.25) is 17.7 Å². The number of likely N-dealkylation sites (tertiary alicyclic amines) is 1. The molecule has 8 heterocycles. The number of nitrogens with one attached hydrogen (secondary N) is 3. The second-order valence-corrected chi connectivity index (χ2v) is 20.8. The van der Waals surface area contributed by atoms with Crippen molar-refractivity contribution in [2.24, 2.45) is 5.41 Å².